The summed E-state index contributed by atoms with van der Waals surface area (Å²) >= 11 is 0. The number of carbonyl (C=O) groups is 1. The first-order valence-electron chi connectivity index (χ1n) is 4.62. The van der Waals surface area contributed by atoms with Crippen LogP contribution in [0.3, 0.4) is 0 Å². The molecule has 0 saturated carbocycles. The number of amides is 1. The largest absolute Gasteiger partial charge is 0.370 e. The molecule has 1 amide bonds. The highest BCUT2D eigenvalue weighted by molar-refractivity contribution is 5.92. The molecule has 1 unspecified atom stereocenters. The third kappa shape index (κ3) is 2.04. The predicted molar refractivity (Wildman–Crippen MR) is 56.5 cm³/mol. The van der Waals surface area contributed by atoms with Crippen molar-refractivity contribution in [3.63, 3.8) is 0 Å². The minimum atomic E-state index is -0.451. The normalized spacial score (nSPS) is 19.2. The standard InChI is InChI=1S/C11H11N3O/c12-11(15)10-5-1-4-9(14-10)8-3-2-6-13-7-8/h1-7,9,14H,(H2,12,15). The van der Waals surface area contributed by atoms with Crippen LogP contribution in [0.5, 0.6) is 0 Å². The van der Waals surface area contributed by atoms with E-state index in [0.717, 1.165) is 5.56 Å². The van der Waals surface area contributed by atoms with Crippen LogP contribution < -0.4 is 11.1 Å². The molecular formula is C11H11N3O. The van der Waals surface area contributed by atoms with Gasteiger partial charge in [-0.2, -0.15) is 0 Å². The first-order valence-corrected chi connectivity index (χ1v) is 4.62. The van der Waals surface area contributed by atoms with Gasteiger partial charge in [0.2, 0.25) is 0 Å². The molecule has 1 atom stereocenters. The van der Waals surface area contributed by atoms with Crippen molar-refractivity contribution >= 4 is 5.91 Å². The van der Waals surface area contributed by atoms with E-state index < -0.39 is 5.91 Å². The zero-order valence-electron chi connectivity index (χ0n) is 8.05. The van der Waals surface area contributed by atoms with Crippen molar-refractivity contribution < 1.29 is 4.79 Å². The molecule has 1 aliphatic rings. The van der Waals surface area contributed by atoms with Crippen molar-refractivity contribution in [1.82, 2.24) is 10.3 Å². The molecule has 0 bridgehead atoms. The van der Waals surface area contributed by atoms with Crippen LogP contribution in [0.25, 0.3) is 0 Å². The van der Waals surface area contributed by atoms with E-state index in [1.165, 1.54) is 0 Å². The van der Waals surface area contributed by atoms with Crippen LogP contribution in [-0.4, -0.2) is 10.9 Å². The van der Waals surface area contributed by atoms with Gasteiger partial charge in [0.05, 0.1) is 6.04 Å². The minimum Gasteiger partial charge on any atom is -0.370 e. The zero-order valence-corrected chi connectivity index (χ0v) is 8.05. The number of aromatic nitrogens is 1. The van der Waals surface area contributed by atoms with Gasteiger partial charge in [-0.25, -0.2) is 0 Å². The van der Waals surface area contributed by atoms with E-state index >= 15 is 0 Å². The van der Waals surface area contributed by atoms with Gasteiger partial charge in [-0.05, 0) is 17.7 Å². The minimum absolute atomic E-state index is 0.0359. The fraction of sp³-hybridized carbons (Fsp3) is 0.0909. The van der Waals surface area contributed by atoms with Gasteiger partial charge in [0.25, 0.3) is 5.91 Å². The number of rotatable bonds is 2. The summed E-state index contributed by atoms with van der Waals surface area (Å²) < 4.78 is 0. The van der Waals surface area contributed by atoms with Gasteiger partial charge in [0.15, 0.2) is 0 Å². The van der Waals surface area contributed by atoms with Gasteiger partial charge in [0, 0.05) is 12.4 Å². The van der Waals surface area contributed by atoms with Crippen LogP contribution in [0.1, 0.15) is 11.6 Å². The second-order valence-corrected chi connectivity index (χ2v) is 3.24. The number of hydrogen-bond acceptors (Lipinski definition) is 3. The molecule has 15 heavy (non-hydrogen) atoms. The highest BCUT2D eigenvalue weighted by Crippen LogP contribution is 2.17. The fourth-order valence-corrected chi connectivity index (χ4v) is 1.43. The molecule has 0 saturated heterocycles. The van der Waals surface area contributed by atoms with Crippen LogP contribution in [-0.2, 0) is 4.79 Å². The highest BCUT2D eigenvalue weighted by Gasteiger charge is 2.14. The molecule has 4 nitrogen and oxygen atoms in total. The molecule has 2 heterocycles. The Bertz CT molecular complexity index is 423. The first kappa shape index (κ1) is 9.45. The van der Waals surface area contributed by atoms with Crippen molar-refractivity contribution in [3.8, 4) is 0 Å². The van der Waals surface area contributed by atoms with Crippen LogP contribution >= 0.6 is 0 Å². The highest BCUT2D eigenvalue weighted by atomic mass is 16.1. The Balaban J connectivity index is 2.19. The molecule has 0 aliphatic carbocycles. The second-order valence-electron chi connectivity index (χ2n) is 3.24. The third-order valence-corrected chi connectivity index (χ3v) is 2.19. The van der Waals surface area contributed by atoms with Gasteiger partial charge in [-0.3, -0.25) is 9.78 Å². The van der Waals surface area contributed by atoms with Crippen LogP contribution in [0.4, 0.5) is 0 Å². The maximum atomic E-state index is 11.0. The fourth-order valence-electron chi connectivity index (χ4n) is 1.43. The number of primary amides is 1. The first-order chi connectivity index (χ1) is 7.27. The summed E-state index contributed by atoms with van der Waals surface area (Å²) in [7, 11) is 0. The lowest BCUT2D eigenvalue weighted by Crippen LogP contribution is -2.30. The van der Waals surface area contributed by atoms with Crippen molar-refractivity contribution in [2.45, 2.75) is 6.04 Å². The van der Waals surface area contributed by atoms with Gasteiger partial charge in [-0.1, -0.05) is 18.2 Å². The summed E-state index contributed by atoms with van der Waals surface area (Å²) in [6.45, 7) is 0. The molecule has 0 aromatic carbocycles. The van der Waals surface area contributed by atoms with Crippen molar-refractivity contribution in [1.29, 1.82) is 0 Å². The van der Waals surface area contributed by atoms with Crippen molar-refractivity contribution in [3.05, 3.63) is 54.0 Å². The maximum Gasteiger partial charge on any atom is 0.264 e. The van der Waals surface area contributed by atoms with Crippen molar-refractivity contribution in [2.24, 2.45) is 5.73 Å². The Labute approximate surface area is 87.5 Å². The molecule has 1 aromatic heterocycles. The van der Waals surface area contributed by atoms with Gasteiger partial charge in [0.1, 0.15) is 5.70 Å². The van der Waals surface area contributed by atoms with E-state index in [1.807, 2.05) is 24.3 Å². The number of nitrogens with two attached hydrogens (primary N) is 1. The predicted octanol–water partition coefficient (Wildman–Crippen LogP) is 0.651. The summed E-state index contributed by atoms with van der Waals surface area (Å²) in [6, 6.07) is 3.76. The van der Waals surface area contributed by atoms with Gasteiger partial charge < -0.3 is 11.1 Å². The number of carbonyl (C=O) groups excluding carboxylic acids is 1. The molecule has 0 fully saturated rings. The molecular weight excluding hydrogens is 190 g/mol. The topological polar surface area (TPSA) is 68.0 Å². The summed E-state index contributed by atoms with van der Waals surface area (Å²) in [5.74, 6) is -0.451. The summed E-state index contributed by atoms with van der Waals surface area (Å²) in [5.41, 5.74) is 6.61. The van der Waals surface area contributed by atoms with E-state index in [-0.39, 0.29) is 6.04 Å². The number of allylic oxidation sites excluding steroid dienone is 2. The van der Waals surface area contributed by atoms with Crippen LogP contribution in [0.2, 0.25) is 0 Å². The lowest BCUT2D eigenvalue weighted by atomic mass is 10.1. The van der Waals surface area contributed by atoms with E-state index in [9.17, 15) is 4.79 Å². The SMILES string of the molecule is NC(=O)C1=CC=CC(c2cccnc2)N1. The molecule has 0 spiro atoms. The molecule has 1 aromatic rings. The molecule has 4 heteroatoms. The Hall–Kier alpha value is -2.10. The quantitative estimate of drug-likeness (QED) is 0.738. The summed E-state index contributed by atoms with van der Waals surface area (Å²) in [6.07, 6.45) is 8.89. The number of pyridine rings is 1. The Kier molecular flexibility index (Phi) is 2.49. The Morgan fingerprint density at radius 1 is 1.53 bits per heavy atom. The summed E-state index contributed by atoms with van der Waals surface area (Å²) in [5, 5.41) is 3.03. The second kappa shape index (κ2) is 3.96. The smallest absolute Gasteiger partial charge is 0.264 e. The van der Waals surface area contributed by atoms with E-state index in [0.29, 0.717) is 5.70 Å². The average Bonchev–Trinajstić information content (AvgIpc) is 2.30. The van der Waals surface area contributed by atoms with E-state index in [4.69, 9.17) is 5.73 Å². The van der Waals surface area contributed by atoms with E-state index in [2.05, 4.69) is 10.3 Å². The van der Waals surface area contributed by atoms with Crippen LogP contribution in [0.15, 0.2) is 48.5 Å². The monoisotopic (exact) mass is 201 g/mol. The molecule has 76 valence electrons. The number of nitrogens with one attached hydrogen (secondary N) is 1. The molecule has 0 radical (unpaired) electrons. The Morgan fingerprint density at radius 3 is 3.07 bits per heavy atom. The molecule has 3 N–H and O–H groups in total. The lowest BCUT2D eigenvalue weighted by molar-refractivity contribution is -0.115. The van der Waals surface area contributed by atoms with Crippen molar-refractivity contribution in [2.75, 3.05) is 0 Å². The summed E-state index contributed by atoms with van der Waals surface area (Å²) in [4.78, 5) is 15.0. The number of hydrogen-bond donors (Lipinski definition) is 2. The third-order valence-electron chi connectivity index (χ3n) is 2.19. The van der Waals surface area contributed by atoms with Crippen LogP contribution in [0, 0.1) is 0 Å². The van der Waals surface area contributed by atoms with Gasteiger partial charge in [-0.15, -0.1) is 0 Å². The Morgan fingerprint density at radius 2 is 2.40 bits per heavy atom. The number of nitrogens with zero attached hydrogens (tertiary/aromatic N) is 1. The molecule has 2 rings (SSSR count). The molecule has 1 aliphatic heterocycles. The maximum absolute atomic E-state index is 11.0. The van der Waals surface area contributed by atoms with E-state index in [1.54, 1.807) is 18.5 Å². The van der Waals surface area contributed by atoms with Gasteiger partial charge >= 0.3 is 0 Å². The zero-order chi connectivity index (χ0) is 10.7. The average molecular weight is 201 g/mol. The lowest BCUT2D eigenvalue weighted by Gasteiger charge is -2.19. The number of dihydropyridines is 1.